The van der Waals surface area contributed by atoms with Crippen LogP contribution in [-0.4, -0.2) is 22.8 Å². The fourth-order valence-electron chi connectivity index (χ4n) is 2.35. The molecule has 0 aliphatic heterocycles. The first kappa shape index (κ1) is 21.7. The molecule has 0 saturated carbocycles. The number of carbonyl (C=O) groups excluding carboxylic acids is 3. The lowest BCUT2D eigenvalue weighted by atomic mass is 9.95. The zero-order chi connectivity index (χ0) is 20.9. The molecule has 0 aliphatic carbocycles. The first-order valence-electron chi connectivity index (χ1n) is 9.06. The van der Waals surface area contributed by atoms with Gasteiger partial charge in [-0.2, -0.15) is 0 Å². The third-order valence-corrected chi connectivity index (χ3v) is 5.08. The minimum atomic E-state index is -0.477. The molecule has 2 rings (SSSR count). The van der Waals surface area contributed by atoms with Gasteiger partial charge in [-0.05, 0) is 55.5 Å². The first-order valence-corrected chi connectivity index (χ1v) is 9.94. The van der Waals surface area contributed by atoms with E-state index in [1.165, 1.54) is 18.7 Å². The second kappa shape index (κ2) is 9.06. The van der Waals surface area contributed by atoms with E-state index in [1.54, 1.807) is 24.3 Å². The molecule has 0 aliphatic rings. The molecule has 0 spiro atoms. The lowest BCUT2D eigenvalue weighted by Gasteiger charge is -2.18. The van der Waals surface area contributed by atoms with Crippen molar-refractivity contribution in [1.29, 1.82) is 0 Å². The summed E-state index contributed by atoms with van der Waals surface area (Å²) in [6.07, 6.45) is 0. The number of carbonyl (C=O) groups is 3. The van der Waals surface area contributed by atoms with Gasteiger partial charge in [0, 0.05) is 34.2 Å². The van der Waals surface area contributed by atoms with Gasteiger partial charge in [0.2, 0.25) is 11.8 Å². The Hall–Kier alpha value is -2.60. The Morgan fingerprint density at radius 1 is 0.857 bits per heavy atom. The molecule has 2 aromatic carbocycles. The standard InChI is InChI=1S/C22H26N2O3S/c1-14(28-19-12-10-17(11-13-19)23-15(2)25)20(26)16-6-8-18(9-7-16)24-21(27)22(3,4)5/h6-14H,1-5H3,(H,23,25)(H,24,27). The van der Waals surface area contributed by atoms with Crippen molar-refractivity contribution in [3.63, 3.8) is 0 Å². The zero-order valence-electron chi connectivity index (χ0n) is 16.8. The molecule has 1 atom stereocenters. The highest BCUT2D eigenvalue weighted by molar-refractivity contribution is 8.00. The number of ketones is 1. The van der Waals surface area contributed by atoms with Crippen LogP contribution >= 0.6 is 11.8 Å². The number of benzene rings is 2. The van der Waals surface area contributed by atoms with Gasteiger partial charge in [-0.25, -0.2) is 0 Å². The molecule has 2 aromatic rings. The van der Waals surface area contributed by atoms with E-state index in [9.17, 15) is 14.4 Å². The Balaban J connectivity index is 1.99. The molecule has 1 unspecified atom stereocenters. The molecular formula is C22H26N2O3S. The molecule has 0 bridgehead atoms. The van der Waals surface area contributed by atoms with Gasteiger partial charge in [-0.3, -0.25) is 14.4 Å². The van der Waals surface area contributed by atoms with Crippen LogP contribution in [0.5, 0.6) is 0 Å². The average Bonchev–Trinajstić information content (AvgIpc) is 2.62. The molecule has 2 amide bonds. The molecule has 0 fully saturated rings. The van der Waals surface area contributed by atoms with Crippen molar-refractivity contribution in [2.75, 3.05) is 10.6 Å². The molecule has 5 nitrogen and oxygen atoms in total. The molecule has 0 saturated heterocycles. The highest BCUT2D eigenvalue weighted by Crippen LogP contribution is 2.27. The van der Waals surface area contributed by atoms with Crippen molar-refractivity contribution in [3.8, 4) is 0 Å². The highest BCUT2D eigenvalue weighted by atomic mass is 32.2. The quantitative estimate of drug-likeness (QED) is 0.531. The Bertz CT molecular complexity index is 853. The summed E-state index contributed by atoms with van der Waals surface area (Å²) in [6, 6.07) is 14.3. The molecular weight excluding hydrogens is 372 g/mol. The summed E-state index contributed by atoms with van der Waals surface area (Å²) in [5.41, 5.74) is 1.52. The summed E-state index contributed by atoms with van der Waals surface area (Å²) >= 11 is 1.46. The summed E-state index contributed by atoms with van der Waals surface area (Å²) in [6.45, 7) is 8.87. The highest BCUT2D eigenvalue weighted by Gasteiger charge is 2.21. The van der Waals surface area contributed by atoms with Crippen molar-refractivity contribution < 1.29 is 14.4 Å². The number of Topliss-reactive ketones (excluding diaryl/α,β-unsaturated/α-hetero) is 1. The normalized spacial score (nSPS) is 12.2. The van der Waals surface area contributed by atoms with Crippen molar-refractivity contribution >= 4 is 40.7 Å². The third kappa shape index (κ3) is 6.23. The van der Waals surface area contributed by atoms with Crippen LogP contribution in [0.2, 0.25) is 0 Å². The minimum Gasteiger partial charge on any atom is -0.326 e. The van der Waals surface area contributed by atoms with E-state index in [0.29, 0.717) is 11.3 Å². The van der Waals surface area contributed by atoms with Gasteiger partial charge in [0.25, 0.3) is 0 Å². The second-order valence-corrected chi connectivity index (χ2v) is 9.03. The van der Waals surface area contributed by atoms with Crippen LogP contribution < -0.4 is 10.6 Å². The van der Waals surface area contributed by atoms with Gasteiger partial charge in [0.15, 0.2) is 5.78 Å². The predicted molar refractivity (Wildman–Crippen MR) is 115 cm³/mol. The number of anilines is 2. The molecule has 28 heavy (non-hydrogen) atoms. The van der Waals surface area contributed by atoms with Crippen LogP contribution in [0.1, 0.15) is 45.0 Å². The third-order valence-electron chi connectivity index (χ3n) is 3.97. The van der Waals surface area contributed by atoms with E-state index in [-0.39, 0.29) is 22.8 Å². The van der Waals surface area contributed by atoms with E-state index in [0.717, 1.165) is 10.6 Å². The summed E-state index contributed by atoms with van der Waals surface area (Å²) in [5, 5.41) is 5.30. The number of rotatable bonds is 6. The van der Waals surface area contributed by atoms with E-state index >= 15 is 0 Å². The minimum absolute atomic E-state index is 0.0182. The Labute approximate surface area is 170 Å². The van der Waals surface area contributed by atoms with Gasteiger partial charge in [-0.15, -0.1) is 11.8 Å². The summed E-state index contributed by atoms with van der Waals surface area (Å²) in [7, 11) is 0. The van der Waals surface area contributed by atoms with Gasteiger partial charge >= 0.3 is 0 Å². The monoisotopic (exact) mass is 398 g/mol. The fourth-order valence-corrected chi connectivity index (χ4v) is 3.29. The van der Waals surface area contributed by atoms with E-state index < -0.39 is 5.41 Å². The second-order valence-electron chi connectivity index (χ2n) is 7.61. The zero-order valence-corrected chi connectivity index (χ0v) is 17.6. The number of amides is 2. The molecule has 0 radical (unpaired) electrons. The van der Waals surface area contributed by atoms with Crippen LogP contribution in [0.3, 0.4) is 0 Å². The van der Waals surface area contributed by atoms with Gasteiger partial charge in [0.05, 0.1) is 5.25 Å². The molecule has 0 heterocycles. The van der Waals surface area contributed by atoms with Crippen LogP contribution in [-0.2, 0) is 9.59 Å². The number of nitrogens with one attached hydrogen (secondary N) is 2. The SMILES string of the molecule is CC(=O)Nc1ccc(SC(C)C(=O)c2ccc(NC(=O)C(C)(C)C)cc2)cc1. The lowest BCUT2D eigenvalue weighted by molar-refractivity contribution is -0.123. The lowest BCUT2D eigenvalue weighted by Crippen LogP contribution is -2.27. The Morgan fingerprint density at radius 2 is 1.36 bits per heavy atom. The average molecular weight is 399 g/mol. The van der Waals surface area contributed by atoms with Crippen molar-refractivity contribution in [3.05, 3.63) is 54.1 Å². The maximum atomic E-state index is 12.7. The van der Waals surface area contributed by atoms with Crippen molar-refractivity contribution in [1.82, 2.24) is 0 Å². The molecule has 6 heteroatoms. The van der Waals surface area contributed by atoms with E-state index in [1.807, 2.05) is 52.0 Å². The molecule has 148 valence electrons. The maximum absolute atomic E-state index is 12.7. The van der Waals surface area contributed by atoms with Crippen molar-refractivity contribution in [2.45, 2.75) is 44.8 Å². The summed E-state index contributed by atoms with van der Waals surface area (Å²) in [5.74, 6) is -0.172. The van der Waals surface area contributed by atoms with Gasteiger partial charge in [0.1, 0.15) is 0 Å². The van der Waals surface area contributed by atoms with Crippen LogP contribution in [0, 0.1) is 5.41 Å². The smallest absolute Gasteiger partial charge is 0.229 e. The van der Waals surface area contributed by atoms with Gasteiger partial charge < -0.3 is 10.6 Å². The van der Waals surface area contributed by atoms with Crippen LogP contribution in [0.15, 0.2) is 53.4 Å². The largest absolute Gasteiger partial charge is 0.326 e. The fraction of sp³-hybridized carbons (Fsp3) is 0.318. The van der Waals surface area contributed by atoms with Crippen LogP contribution in [0.4, 0.5) is 11.4 Å². The first-order chi connectivity index (χ1) is 13.1. The van der Waals surface area contributed by atoms with Gasteiger partial charge in [-0.1, -0.05) is 20.8 Å². The summed E-state index contributed by atoms with van der Waals surface area (Å²) in [4.78, 5) is 36.7. The molecule has 0 aromatic heterocycles. The number of hydrogen-bond donors (Lipinski definition) is 2. The molecule has 2 N–H and O–H groups in total. The maximum Gasteiger partial charge on any atom is 0.229 e. The van der Waals surface area contributed by atoms with E-state index in [4.69, 9.17) is 0 Å². The summed E-state index contributed by atoms with van der Waals surface area (Å²) < 4.78 is 0. The topological polar surface area (TPSA) is 75.3 Å². The van der Waals surface area contributed by atoms with E-state index in [2.05, 4.69) is 10.6 Å². The Morgan fingerprint density at radius 3 is 1.86 bits per heavy atom. The van der Waals surface area contributed by atoms with Crippen LogP contribution in [0.25, 0.3) is 0 Å². The van der Waals surface area contributed by atoms with Crippen molar-refractivity contribution in [2.24, 2.45) is 5.41 Å². The number of thioether (sulfide) groups is 1. The predicted octanol–water partition coefficient (Wildman–Crippen LogP) is 4.99. The Kier molecular flexibility index (Phi) is 7.02. The number of hydrogen-bond acceptors (Lipinski definition) is 4.